The average molecular weight is 417 g/mol. The molecular formula is C21H28N4O3S. The summed E-state index contributed by atoms with van der Waals surface area (Å²) in [7, 11) is 0. The third-order valence-electron chi connectivity index (χ3n) is 6.57. The minimum absolute atomic E-state index is 0.0119. The smallest absolute Gasteiger partial charge is 0.258 e. The van der Waals surface area contributed by atoms with Crippen LogP contribution in [0.5, 0.6) is 0 Å². The molecule has 1 saturated heterocycles. The zero-order valence-electron chi connectivity index (χ0n) is 16.8. The number of likely N-dealkylation sites (tertiary alicyclic amines) is 1. The summed E-state index contributed by atoms with van der Waals surface area (Å²) in [6.45, 7) is 5.12. The fourth-order valence-electron chi connectivity index (χ4n) is 4.98. The molecule has 156 valence electrons. The van der Waals surface area contributed by atoms with E-state index in [4.69, 9.17) is 4.74 Å². The summed E-state index contributed by atoms with van der Waals surface area (Å²) in [5.41, 5.74) is 0.832. The fourth-order valence-corrected chi connectivity index (χ4v) is 5.72. The Morgan fingerprint density at radius 2 is 2.10 bits per heavy atom. The van der Waals surface area contributed by atoms with Crippen molar-refractivity contribution < 1.29 is 9.53 Å². The Kier molecular flexibility index (Phi) is 5.17. The first kappa shape index (κ1) is 19.2. The molecule has 3 fully saturated rings. The van der Waals surface area contributed by atoms with Gasteiger partial charge in [0.25, 0.3) is 5.56 Å². The van der Waals surface area contributed by atoms with Gasteiger partial charge in [0.2, 0.25) is 5.91 Å². The number of rotatable bonds is 6. The van der Waals surface area contributed by atoms with E-state index in [1.807, 2.05) is 5.38 Å². The molecule has 0 radical (unpaired) electrons. The number of carbonyl (C=O) groups excluding carboxylic acids is 1. The maximum absolute atomic E-state index is 12.3. The number of aromatic nitrogens is 2. The number of fused-ring (bicyclic) bond motifs is 2. The van der Waals surface area contributed by atoms with Crippen molar-refractivity contribution in [1.82, 2.24) is 19.6 Å². The van der Waals surface area contributed by atoms with Crippen LogP contribution in [0.15, 0.2) is 22.4 Å². The lowest BCUT2D eigenvalue weighted by Crippen LogP contribution is -2.50. The van der Waals surface area contributed by atoms with Crippen LogP contribution in [0.3, 0.4) is 0 Å². The Bertz CT molecular complexity index is 953. The van der Waals surface area contributed by atoms with Gasteiger partial charge in [0.1, 0.15) is 0 Å². The Labute approximate surface area is 174 Å². The molecule has 2 aromatic rings. The highest BCUT2D eigenvalue weighted by atomic mass is 32.1. The van der Waals surface area contributed by atoms with Crippen LogP contribution in [0.4, 0.5) is 0 Å². The lowest BCUT2D eigenvalue weighted by molar-refractivity contribution is -0.122. The maximum Gasteiger partial charge on any atom is 0.258 e. The van der Waals surface area contributed by atoms with Gasteiger partial charge in [-0.1, -0.05) is 0 Å². The monoisotopic (exact) mass is 416 g/mol. The molecule has 2 saturated carbocycles. The number of amides is 1. The summed E-state index contributed by atoms with van der Waals surface area (Å²) >= 11 is 1.49. The second-order valence-electron chi connectivity index (χ2n) is 8.95. The van der Waals surface area contributed by atoms with E-state index < -0.39 is 0 Å². The van der Waals surface area contributed by atoms with Crippen molar-refractivity contribution in [3.05, 3.63) is 33.7 Å². The number of nitrogens with one attached hydrogen (secondary N) is 1. The van der Waals surface area contributed by atoms with Gasteiger partial charge in [-0.3, -0.25) is 18.9 Å². The van der Waals surface area contributed by atoms with Crippen LogP contribution < -0.4 is 10.9 Å². The predicted octanol–water partition coefficient (Wildman–Crippen LogP) is 1.90. The average Bonchev–Trinajstić information content (AvgIpc) is 3.22. The molecular weight excluding hydrogens is 388 g/mol. The molecule has 1 amide bonds. The first-order valence-corrected chi connectivity index (χ1v) is 11.5. The zero-order chi connectivity index (χ0) is 20.0. The highest BCUT2D eigenvalue weighted by Crippen LogP contribution is 2.39. The summed E-state index contributed by atoms with van der Waals surface area (Å²) in [5.74, 6) is 1.88. The standard InChI is InChI=1S/C21H28N4O3S/c1-13(26)22-18-6-15-9-24(10-16(15)7-19(18)28-12-14-2-3-14)11-17-8-20(27)25-4-5-29-21(25)23-17/h4-5,8,14-16,18-19H,2-3,6-7,9-12H2,1H3,(H,22,26)/t15-,16+,18-,19-/m1/s1. The second-order valence-corrected chi connectivity index (χ2v) is 9.82. The van der Waals surface area contributed by atoms with Gasteiger partial charge in [-0.15, -0.1) is 11.3 Å². The largest absolute Gasteiger partial charge is 0.376 e. The van der Waals surface area contributed by atoms with E-state index in [-0.39, 0.29) is 23.6 Å². The zero-order valence-corrected chi connectivity index (χ0v) is 17.6. The summed E-state index contributed by atoms with van der Waals surface area (Å²) in [5, 5.41) is 5.03. The molecule has 1 aliphatic heterocycles. The topological polar surface area (TPSA) is 75.9 Å². The van der Waals surface area contributed by atoms with E-state index in [1.165, 1.54) is 24.2 Å². The van der Waals surface area contributed by atoms with Crippen molar-refractivity contribution in [2.45, 2.75) is 51.3 Å². The van der Waals surface area contributed by atoms with E-state index in [2.05, 4.69) is 15.2 Å². The highest BCUT2D eigenvalue weighted by Gasteiger charge is 2.43. The normalized spacial score (nSPS) is 29.8. The van der Waals surface area contributed by atoms with Crippen molar-refractivity contribution in [3.8, 4) is 0 Å². The highest BCUT2D eigenvalue weighted by molar-refractivity contribution is 7.15. The Morgan fingerprint density at radius 3 is 2.86 bits per heavy atom. The van der Waals surface area contributed by atoms with Crippen molar-refractivity contribution in [2.24, 2.45) is 17.8 Å². The molecule has 7 nitrogen and oxygen atoms in total. The molecule has 3 heterocycles. The lowest BCUT2D eigenvalue weighted by atomic mass is 9.77. The molecule has 0 spiro atoms. The molecule has 3 aliphatic rings. The first-order valence-electron chi connectivity index (χ1n) is 10.6. The number of ether oxygens (including phenoxy) is 1. The molecule has 29 heavy (non-hydrogen) atoms. The number of thiazole rings is 1. The van der Waals surface area contributed by atoms with Crippen molar-refractivity contribution in [2.75, 3.05) is 19.7 Å². The molecule has 1 N–H and O–H groups in total. The van der Waals surface area contributed by atoms with Crippen LogP contribution in [0, 0.1) is 17.8 Å². The fraction of sp³-hybridized carbons (Fsp3) is 0.667. The molecule has 0 bridgehead atoms. The third kappa shape index (κ3) is 4.25. The summed E-state index contributed by atoms with van der Waals surface area (Å²) in [6.07, 6.45) is 6.41. The number of hydrogen-bond donors (Lipinski definition) is 1. The molecule has 4 atom stereocenters. The Morgan fingerprint density at radius 1 is 1.31 bits per heavy atom. The van der Waals surface area contributed by atoms with Gasteiger partial charge in [-0.05, 0) is 43.4 Å². The minimum atomic E-state index is -0.0119. The minimum Gasteiger partial charge on any atom is -0.376 e. The van der Waals surface area contributed by atoms with Gasteiger partial charge in [-0.2, -0.15) is 0 Å². The molecule has 8 heteroatoms. The molecule has 5 rings (SSSR count). The predicted molar refractivity (Wildman–Crippen MR) is 111 cm³/mol. The number of nitrogens with zero attached hydrogens (tertiary/aromatic N) is 3. The van der Waals surface area contributed by atoms with Crippen molar-refractivity contribution in [3.63, 3.8) is 0 Å². The van der Waals surface area contributed by atoms with E-state index >= 15 is 0 Å². The number of carbonyl (C=O) groups is 1. The Balaban J connectivity index is 1.26. The number of hydrogen-bond acceptors (Lipinski definition) is 6. The van der Waals surface area contributed by atoms with Gasteiger partial charge in [-0.25, -0.2) is 4.98 Å². The lowest BCUT2D eigenvalue weighted by Gasteiger charge is -2.38. The SMILES string of the molecule is CC(=O)N[C@@H]1C[C@@H]2CN(Cc3cc(=O)n4ccsc4n3)C[C@@H]2C[C@H]1OCC1CC1. The van der Waals surface area contributed by atoms with Gasteiger partial charge >= 0.3 is 0 Å². The van der Waals surface area contributed by atoms with Crippen LogP contribution in [0.2, 0.25) is 0 Å². The van der Waals surface area contributed by atoms with E-state index in [9.17, 15) is 9.59 Å². The summed E-state index contributed by atoms with van der Waals surface area (Å²) < 4.78 is 7.84. The van der Waals surface area contributed by atoms with Crippen LogP contribution in [0.1, 0.15) is 38.3 Å². The quantitative estimate of drug-likeness (QED) is 0.778. The third-order valence-corrected chi connectivity index (χ3v) is 7.32. The van der Waals surface area contributed by atoms with Crippen molar-refractivity contribution in [1.29, 1.82) is 0 Å². The summed E-state index contributed by atoms with van der Waals surface area (Å²) in [4.78, 5) is 31.8. The molecule has 0 unspecified atom stereocenters. The molecule has 0 aromatic carbocycles. The van der Waals surface area contributed by atoms with Gasteiger partial charge in [0.15, 0.2) is 4.96 Å². The van der Waals surface area contributed by atoms with Crippen LogP contribution in [-0.2, 0) is 16.1 Å². The Hall–Kier alpha value is -1.77. The van der Waals surface area contributed by atoms with Gasteiger partial charge in [0, 0.05) is 50.8 Å². The summed E-state index contributed by atoms with van der Waals surface area (Å²) in [6, 6.07) is 1.77. The van der Waals surface area contributed by atoms with Gasteiger partial charge in [0.05, 0.1) is 17.8 Å². The molecule has 2 aromatic heterocycles. The molecule has 2 aliphatic carbocycles. The van der Waals surface area contributed by atoms with E-state index in [1.54, 1.807) is 23.6 Å². The van der Waals surface area contributed by atoms with Crippen LogP contribution in [0.25, 0.3) is 4.96 Å². The van der Waals surface area contributed by atoms with Crippen LogP contribution >= 0.6 is 11.3 Å². The van der Waals surface area contributed by atoms with Crippen LogP contribution in [-0.4, -0.2) is 52.0 Å². The first-order chi connectivity index (χ1) is 14.0. The van der Waals surface area contributed by atoms with E-state index in [0.29, 0.717) is 18.4 Å². The second kappa shape index (κ2) is 7.81. The van der Waals surface area contributed by atoms with E-state index in [0.717, 1.165) is 49.1 Å². The van der Waals surface area contributed by atoms with Gasteiger partial charge < -0.3 is 10.1 Å². The van der Waals surface area contributed by atoms with Crippen molar-refractivity contribution >= 4 is 22.2 Å². The maximum atomic E-state index is 12.3.